The Labute approximate surface area is 196 Å². The Kier molecular flexibility index (Phi) is 5.04. The Hall–Kier alpha value is -3.09. The molecule has 0 aliphatic carbocycles. The van der Waals surface area contributed by atoms with Gasteiger partial charge in [0.1, 0.15) is 22.6 Å². The minimum Gasteiger partial charge on any atom is -0.360 e. The summed E-state index contributed by atoms with van der Waals surface area (Å²) < 4.78 is 34.8. The summed E-state index contributed by atoms with van der Waals surface area (Å²) in [5, 5.41) is 9.38. The highest BCUT2D eigenvalue weighted by molar-refractivity contribution is 7.89. The predicted octanol–water partition coefficient (Wildman–Crippen LogP) is 2.14. The van der Waals surface area contributed by atoms with Crippen LogP contribution in [0.4, 0.5) is 0 Å². The van der Waals surface area contributed by atoms with Crippen molar-refractivity contribution in [2.75, 3.05) is 26.2 Å². The molecule has 0 bridgehead atoms. The number of nitrogens with zero attached hydrogens (tertiary/aromatic N) is 7. The van der Waals surface area contributed by atoms with Crippen LogP contribution in [-0.2, 0) is 10.0 Å². The molecule has 12 heteroatoms. The summed E-state index contributed by atoms with van der Waals surface area (Å²) >= 11 is 0. The Balaban J connectivity index is 1.08. The van der Waals surface area contributed by atoms with E-state index in [-0.39, 0.29) is 4.90 Å². The standard InChI is InChI=1S/C22H26N8O3S/c1-14-21(15(2)33-27-14)34(31,32)29-7-4-17(5-8-29)28-11-18(12-28)30-10-16(9-26-30)20-19-3-6-23-22(19)25-13-24-20/h3,6,9-10,13,17-18H,4-5,7-8,11-12H2,1-2H3,(H,23,24,25). The molecule has 2 aliphatic heterocycles. The third kappa shape index (κ3) is 3.44. The van der Waals surface area contributed by atoms with Crippen molar-refractivity contribution in [2.45, 2.75) is 43.7 Å². The number of sulfonamides is 1. The quantitative estimate of drug-likeness (QED) is 0.459. The molecule has 0 aromatic carbocycles. The van der Waals surface area contributed by atoms with E-state index in [4.69, 9.17) is 4.52 Å². The fraction of sp³-hybridized carbons (Fsp3) is 0.455. The van der Waals surface area contributed by atoms with Crippen LogP contribution >= 0.6 is 0 Å². The summed E-state index contributed by atoms with van der Waals surface area (Å²) in [5.41, 5.74) is 3.09. The van der Waals surface area contributed by atoms with E-state index in [0.29, 0.717) is 36.6 Å². The highest BCUT2D eigenvalue weighted by Gasteiger charge is 2.39. The molecule has 0 amide bonds. The number of H-pyrrole nitrogens is 1. The summed E-state index contributed by atoms with van der Waals surface area (Å²) in [6, 6.07) is 2.66. The number of nitrogens with one attached hydrogen (secondary N) is 1. The van der Waals surface area contributed by atoms with Gasteiger partial charge in [0.15, 0.2) is 5.76 Å². The van der Waals surface area contributed by atoms with Crippen molar-refractivity contribution in [3.05, 3.63) is 42.4 Å². The molecule has 0 radical (unpaired) electrons. The van der Waals surface area contributed by atoms with Gasteiger partial charge in [0.25, 0.3) is 0 Å². The van der Waals surface area contributed by atoms with Gasteiger partial charge in [0, 0.05) is 55.6 Å². The number of fused-ring (bicyclic) bond motifs is 1. The van der Waals surface area contributed by atoms with Crippen LogP contribution in [0, 0.1) is 13.8 Å². The molecular formula is C22H26N8O3S. The molecule has 34 heavy (non-hydrogen) atoms. The van der Waals surface area contributed by atoms with Gasteiger partial charge in [0.05, 0.1) is 17.9 Å². The molecule has 4 aromatic rings. The molecule has 0 saturated carbocycles. The first-order chi connectivity index (χ1) is 16.4. The van der Waals surface area contributed by atoms with Gasteiger partial charge in [-0.25, -0.2) is 18.4 Å². The zero-order valence-electron chi connectivity index (χ0n) is 19.0. The molecule has 11 nitrogen and oxygen atoms in total. The van der Waals surface area contributed by atoms with Crippen LogP contribution < -0.4 is 0 Å². The van der Waals surface area contributed by atoms with Crippen LogP contribution in [0.1, 0.15) is 30.3 Å². The van der Waals surface area contributed by atoms with Crippen LogP contribution in [0.25, 0.3) is 22.3 Å². The second-order valence-corrected chi connectivity index (χ2v) is 10.9. The smallest absolute Gasteiger partial charge is 0.248 e. The predicted molar refractivity (Wildman–Crippen MR) is 123 cm³/mol. The van der Waals surface area contributed by atoms with E-state index in [1.807, 2.05) is 23.1 Å². The summed E-state index contributed by atoms with van der Waals surface area (Å²) in [6.45, 7) is 6.14. The SMILES string of the molecule is Cc1noc(C)c1S(=O)(=O)N1CCC(N2CC(n3cc(-c4ncnc5[nH]ccc45)cn3)C2)CC1. The molecule has 0 spiro atoms. The third-order valence-corrected chi connectivity index (χ3v) is 9.14. The van der Waals surface area contributed by atoms with E-state index in [9.17, 15) is 8.42 Å². The first-order valence-electron chi connectivity index (χ1n) is 11.4. The lowest BCUT2D eigenvalue weighted by Crippen LogP contribution is -2.56. The van der Waals surface area contributed by atoms with Gasteiger partial charge in [-0.2, -0.15) is 9.40 Å². The Morgan fingerprint density at radius 3 is 2.65 bits per heavy atom. The first-order valence-corrected chi connectivity index (χ1v) is 12.9. The lowest BCUT2D eigenvalue weighted by molar-refractivity contribution is 0.0308. The second kappa shape index (κ2) is 8.00. The highest BCUT2D eigenvalue weighted by Crippen LogP contribution is 2.32. The number of rotatable bonds is 5. The minimum absolute atomic E-state index is 0.213. The molecule has 2 aliphatic rings. The van der Waals surface area contributed by atoms with Crippen molar-refractivity contribution in [1.82, 2.24) is 39.1 Å². The maximum atomic E-state index is 13.1. The van der Waals surface area contributed by atoms with Crippen molar-refractivity contribution in [1.29, 1.82) is 0 Å². The number of hydrogen-bond donors (Lipinski definition) is 1. The van der Waals surface area contributed by atoms with Crippen molar-refractivity contribution in [3.8, 4) is 11.3 Å². The fourth-order valence-electron chi connectivity index (χ4n) is 5.14. The summed E-state index contributed by atoms with van der Waals surface area (Å²) in [6.07, 6.45) is 8.96. The van der Waals surface area contributed by atoms with Gasteiger partial charge < -0.3 is 9.51 Å². The van der Waals surface area contributed by atoms with E-state index in [1.165, 1.54) is 0 Å². The number of aromatic nitrogens is 6. The molecule has 4 aromatic heterocycles. The second-order valence-electron chi connectivity index (χ2n) is 9.07. The largest absolute Gasteiger partial charge is 0.360 e. The first kappa shape index (κ1) is 21.4. The highest BCUT2D eigenvalue weighted by atomic mass is 32.2. The minimum atomic E-state index is -3.57. The van der Waals surface area contributed by atoms with Gasteiger partial charge in [-0.3, -0.25) is 9.58 Å². The molecule has 6 heterocycles. The van der Waals surface area contributed by atoms with Gasteiger partial charge in [-0.15, -0.1) is 0 Å². The van der Waals surface area contributed by atoms with E-state index >= 15 is 0 Å². The van der Waals surface area contributed by atoms with Crippen LogP contribution in [0.15, 0.2) is 40.4 Å². The van der Waals surface area contributed by atoms with Crippen LogP contribution in [0.3, 0.4) is 0 Å². The van der Waals surface area contributed by atoms with Crippen molar-refractivity contribution < 1.29 is 12.9 Å². The monoisotopic (exact) mass is 482 g/mol. The fourth-order valence-corrected chi connectivity index (χ4v) is 6.90. The van der Waals surface area contributed by atoms with Crippen molar-refractivity contribution >= 4 is 21.1 Å². The average Bonchev–Trinajstić information content (AvgIpc) is 3.53. The summed E-state index contributed by atoms with van der Waals surface area (Å²) in [7, 11) is -3.57. The third-order valence-electron chi connectivity index (χ3n) is 7.00. The molecule has 6 rings (SSSR count). The Morgan fingerprint density at radius 1 is 1.12 bits per heavy atom. The van der Waals surface area contributed by atoms with E-state index < -0.39 is 10.0 Å². The van der Waals surface area contributed by atoms with Gasteiger partial charge in [0.2, 0.25) is 10.0 Å². The number of aromatic amines is 1. The molecule has 0 atom stereocenters. The van der Waals surface area contributed by atoms with E-state index in [2.05, 4.69) is 36.3 Å². The lowest BCUT2D eigenvalue weighted by atomic mass is 9.98. The van der Waals surface area contributed by atoms with Crippen LogP contribution in [-0.4, -0.2) is 79.7 Å². The summed E-state index contributed by atoms with van der Waals surface area (Å²) in [5.74, 6) is 0.350. The Morgan fingerprint density at radius 2 is 1.91 bits per heavy atom. The number of piperidine rings is 1. The van der Waals surface area contributed by atoms with Crippen molar-refractivity contribution in [2.24, 2.45) is 0 Å². The molecule has 178 valence electrons. The maximum absolute atomic E-state index is 13.1. The van der Waals surface area contributed by atoms with Crippen LogP contribution in [0.2, 0.25) is 0 Å². The zero-order valence-corrected chi connectivity index (χ0v) is 19.9. The molecular weight excluding hydrogens is 456 g/mol. The van der Waals surface area contributed by atoms with Gasteiger partial charge in [-0.05, 0) is 32.8 Å². The van der Waals surface area contributed by atoms with Gasteiger partial charge >= 0.3 is 0 Å². The van der Waals surface area contributed by atoms with E-state index in [1.54, 1.807) is 24.5 Å². The average molecular weight is 483 g/mol. The normalized spacial score (nSPS) is 19.1. The Bertz CT molecular complexity index is 1420. The molecule has 2 fully saturated rings. The van der Waals surface area contributed by atoms with Gasteiger partial charge in [-0.1, -0.05) is 5.16 Å². The number of hydrogen-bond acceptors (Lipinski definition) is 8. The van der Waals surface area contributed by atoms with E-state index in [0.717, 1.165) is 48.2 Å². The van der Waals surface area contributed by atoms with Crippen LogP contribution in [0.5, 0.6) is 0 Å². The van der Waals surface area contributed by atoms with Crippen molar-refractivity contribution in [3.63, 3.8) is 0 Å². The summed E-state index contributed by atoms with van der Waals surface area (Å²) in [4.78, 5) is 14.5. The molecule has 1 N–H and O–H groups in total. The molecule has 0 unspecified atom stereocenters. The lowest BCUT2D eigenvalue weighted by Gasteiger charge is -2.46. The topological polar surface area (TPSA) is 126 Å². The number of aryl methyl sites for hydroxylation is 2. The zero-order chi connectivity index (χ0) is 23.4. The number of likely N-dealkylation sites (tertiary alicyclic amines) is 1. The molecule has 2 saturated heterocycles. The maximum Gasteiger partial charge on any atom is 0.248 e.